The Labute approximate surface area is 115 Å². The van der Waals surface area contributed by atoms with Crippen molar-refractivity contribution in [2.45, 2.75) is 0 Å². The molecule has 0 aliphatic heterocycles. The molecule has 0 aliphatic rings. The first-order chi connectivity index (χ1) is 9.74. The number of carbonyl (C=O) groups is 1. The molecule has 1 aromatic heterocycles. The molecular weight excluding hydrogens is 252 g/mol. The molecule has 0 bridgehead atoms. The van der Waals surface area contributed by atoms with Crippen molar-refractivity contribution in [1.82, 2.24) is 4.98 Å². The summed E-state index contributed by atoms with van der Waals surface area (Å²) in [5, 5.41) is 14.4. The zero-order chi connectivity index (χ0) is 13.9. The first-order valence-electron chi connectivity index (χ1n) is 6.18. The standard InChI is InChI=1S/C16H12N2O2/c19-16(20)15-10-12(8-9-17-15)18-14-7-3-5-11-4-1-2-6-13(11)14/h1-10H,(H,17,18)(H,19,20). The molecule has 98 valence electrons. The number of nitrogens with one attached hydrogen (secondary N) is 1. The van der Waals surface area contributed by atoms with Crippen molar-refractivity contribution in [2.24, 2.45) is 0 Å². The van der Waals surface area contributed by atoms with Crippen molar-refractivity contribution in [2.75, 3.05) is 5.32 Å². The molecule has 2 N–H and O–H groups in total. The van der Waals surface area contributed by atoms with Crippen LogP contribution < -0.4 is 5.32 Å². The minimum atomic E-state index is -1.04. The Morgan fingerprint density at radius 1 is 1.05 bits per heavy atom. The smallest absolute Gasteiger partial charge is 0.354 e. The average Bonchev–Trinajstić information content (AvgIpc) is 2.48. The van der Waals surface area contributed by atoms with Crippen LogP contribution in [-0.2, 0) is 0 Å². The lowest BCUT2D eigenvalue weighted by atomic mass is 10.1. The third kappa shape index (κ3) is 2.31. The van der Waals surface area contributed by atoms with E-state index >= 15 is 0 Å². The highest BCUT2D eigenvalue weighted by molar-refractivity contribution is 5.95. The van der Waals surface area contributed by atoms with E-state index in [0.29, 0.717) is 5.69 Å². The van der Waals surface area contributed by atoms with Gasteiger partial charge in [0, 0.05) is 23.0 Å². The number of hydrogen-bond donors (Lipinski definition) is 2. The van der Waals surface area contributed by atoms with Gasteiger partial charge in [-0.25, -0.2) is 9.78 Å². The molecule has 4 nitrogen and oxygen atoms in total. The molecule has 0 atom stereocenters. The Hall–Kier alpha value is -2.88. The van der Waals surface area contributed by atoms with Crippen LogP contribution in [0.5, 0.6) is 0 Å². The number of nitrogens with zero attached hydrogens (tertiary/aromatic N) is 1. The Morgan fingerprint density at radius 3 is 2.70 bits per heavy atom. The molecule has 1 heterocycles. The number of benzene rings is 2. The highest BCUT2D eigenvalue weighted by Gasteiger charge is 2.06. The fourth-order valence-electron chi connectivity index (χ4n) is 2.12. The van der Waals surface area contributed by atoms with Gasteiger partial charge in [0.05, 0.1) is 0 Å². The highest BCUT2D eigenvalue weighted by atomic mass is 16.4. The predicted octanol–water partition coefficient (Wildman–Crippen LogP) is 3.68. The molecule has 0 unspecified atom stereocenters. The lowest BCUT2D eigenvalue weighted by Gasteiger charge is -2.10. The largest absolute Gasteiger partial charge is 0.477 e. The van der Waals surface area contributed by atoms with Crippen molar-refractivity contribution in [3.05, 3.63) is 66.5 Å². The van der Waals surface area contributed by atoms with Crippen LogP contribution in [0.2, 0.25) is 0 Å². The average molecular weight is 264 g/mol. The molecule has 0 aliphatic carbocycles. The second-order valence-electron chi connectivity index (χ2n) is 4.39. The van der Waals surface area contributed by atoms with Crippen LogP contribution in [0.4, 0.5) is 11.4 Å². The van der Waals surface area contributed by atoms with Gasteiger partial charge in [-0.2, -0.15) is 0 Å². The lowest BCUT2D eigenvalue weighted by molar-refractivity contribution is 0.0690. The number of fused-ring (bicyclic) bond motifs is 1. The number of aromatic nitrogens is 1. The van der Waals surface area contributed by atoms with E-state index in [0.717, 1.165) is 16.5 Å². The third-order valence-corrected chi connectivity index (χ3v) is 3.05. The van der Waals surface area contributed by atoms with E-state index in [1.807, 2.05) is 42.5 Å². The number of aromatic carboxylic acids is 1. The van der Waals surface area contributed by atoms with Gasteiger partial charge in [0.15, 0.2) is 0 Å². The molecule has 0 radical (unpaired) electrons. The molecule has 4 heteroatoms. The van der Waals surface area contributed by atoms with Crippen molar-refractivity contribution in [3.8, 4) is 0 Å². The molecule has 0 amide bonds. The molecule has 0 spiro atoms. The van der Waals surface area contributed by atoms with Crippen molar-refractivity contribution in [1.29, 1.82) is 0 Å². The first-order valence-corrected chi connectivity index (χ1v) is 6.18. The van der Waals surface area contributed by atoms with Gasteiger partial charge in [0.2, 0.25) is 0 Å². The van der Waals surface area contributed by atoms with Crippen LogP contribution in [0.15, 0.2) is 60.8 Å². The molecule has 0 saturated carbocycles. The fraction of sp³-hybridized carbons (Fsp3) is 0. The summed E-state index contributed by atoms with van der Waals surface area (Å²) in [6.45, 7) is 0. The fourth-order valence-corrected chi connectivity index (χ4v) is 2.12. The lowest BCUT2D eigenvalue weighted by Crippen LogP contribution is -2.01. The van der Waals surface area contributed by atoms with Gasteiger partial charge in [0.1, 0.15) is 5.69 Å². The molecule has 20 heavy (non-hydrogen) atoms. The van der Waals surface area contributed by atoms with E-state index in [2.05, 4.69) is 10.3 Å². The van der Waals surface area contributed by atoms with Crippen LogP contribution in [0.1, 0.15) is 10.5 Å². The summed E-state index contributed by atoms with van der Waals surface area (Å²) in [4.78, 5) is 14.7. The molecule has 3 rings (SSSR count). The van der Waals surface area contributed by atoms with Crippen molar-refractivity contribution in [3.63, 3.8) is 0 Å². The number of anilines is 2. The molecule has 0 saturated heterocycles. The molecule has 0 fully saturated rings. The van der Waals surface area contributed by atoms with Crippen LogP contribution in [0.25, 0.3) is 10.8 Å². The number of pyridine rings is 1. The van der Waals surface area contributed by atoms with Crippen LogP contribution in [0, 0.1) is 0 Å². The molecule has 2 aromatic carbocycles. The summed E-state index contributed by atoms with van der Waals surface area (Å²) < 4.78 is 0. The summed E-state index contributed by atoms with van der Waals surface area (Å²) in [6, 6.07) is 17.2. The van der Waals surface area contributed by atoms with Crippen LogP contribution >= 0.6 is 0 Å². The van der Waals surface area contributed by atoms with Gasteiger partial charge in [-0.1, -0.05) is 36.4 Å². The molecule has 3 aromatic rings. The molecular formula is C16H12N2O2. The maximum Gasteiger partial charge on any atom is 0.354 e. The second-order valence-corrected chi connectivity index (χ2v) is 4.39. The maximum atomic E-state index is 10.9. The van der Waals surface area contributed by atoms with E-state index in [4.69, 9.17) is 5.11 Å². The van der Waals surface area contributed by atoms with E-state index in [1.165, 1.54) is 12.3 Å². The van der Waals surface area contributed by atoms with Gasteiger partial charge in [-0.05, 0) is 23.6 Å². The number of carboxylic acid groups (broad SMARTS) is 1. The topological polar surface area (TPSA) is 62.2 Å². The van der Waals surface area contributed by atoms with Crippen LogP contribution in [0.3, 0.4) is 0 Å². The zero-order valence-corrected chi connectivity index (χ0v) is 10.6. The highest BCUT2D eigenvalue weighted by Crippen LogP contribution is 2.26. The summed E-state index contributed by atoms with van der Waals surface area (Å²) in [5.41, 5.74) is 1.66. The van der Waals surface area contributed by atoms with Gasteiger partial charge >= 0.3 is 5.97 Å². The van der Waals surface area contributed by atoms with E-state index in [1.54, 1.807) is 6.07 Å². The maximum absolute atomic E-state index is 10.9. The third-order valence-electron chi connectivity index (χ3n) is 3.05. The van der Waals surface area contributed by atoms with Crippen molar-refractivity contribution >= 4 is 28.1 Å². The Balaban J connectivity index is 2.01. The normalized spacial score (nSPS) is 10.4. The predicted molar refractivity (Wildman–Crippen MR) is 78.4 cm³/mol. The summed E-state index contributed by atoms with van der Waals surface area (Å²) in [5.74, 6) is -1.04. The number of carboxylic acids is 1. The number of hydrogen-bond acceptors (Lipinski definition) is 3. The van der Waals surface area contributed by atoms with Gasteiger partial charge in [0.25, 0.3) is 0 Å². The van der Waals surface area contributed by atoms with Crippen LogP contribution in [-0.4, -0.2) is 16.1 Å². The van der Waals surface area contributed by atoms with Gasteiger partial charge in [-0.3, -0.25) is 0 Å². The zero-order valence-electron chi connectivity index (χ0n) is 10.6. The van der Waals surface area contributed by atoms with E-state index < -0.39 is 5.97 Å². The van der Waals surface area contributed by atoms with Crippen molar-refractivity contribution < 1.29 is 9.90 Å². The van der Waals surface area contributed by atoms with E-state index in [9.17, 15) is 4.79 Å². The Kier molecular flexibility index (Phi) is 3.05. The minimum Gasteiger partial charge on any atom is -0.477 e. The second kappa shape index (κ2) is 5.01. The summed E-state index contributed by atoms with van der Waals surface area (Å²) in [7, 11) is 0. The Morgan fingerprint density at radius 2 is 1.85 bits per heavy atom. The minimum absolute atomic E-state index is 0.0234. The Bertz CT molecular complexity index is 779. The number of rotatable bonds is 3. The summed E-state index contributed by atoms with van der Waals surface area (Å²) in [6.07, 6.45) is 1.48. The van der Waals surface area contributed by atoms with Gasteiger partial charge < -0.3 is 10.4 Å². The summed E-state index contributed by atoms with van der Waals surface area (Å²) >= 11 is 0. The SMILES string of the molecule is O=C(O)c1cc(Nc2cccc3ccccc23)ccn1. The quantitative estimate of drug-likeness (QED) is 0.757. The monoisotopic (exact) mass is 264 g/mol. The van der Waals surface area contributed by atoms with Gasteiger partial charge in [-0.15, -0.1) is 0 Å². The van der Waals surface area contributed by atoms with E-state index in [-0.39, 0.29) is 5.69 Å². The first kappa shape index (κ1) is 12.2.